The fraction of sp³-hybridized carbons (Fsp3) is 0.0769. The fourth-order valence-corrected chi connectivity index (χ4v) is 1.71. The highest BCUT2D eigenvalue weighted by molar-refractivity contribution is 6.34. The molecule has 1 amide bonds. The van der Waals surface area contributed by atoms with Crippen LogP contribution in [0.15, 0.2) is 42.7 Å². The number of carbonyl (C=O) groups excluding carboxylic acids is 1. The highest BCUT2D eigenvalue weighted by atomic mass is 35.5. The van der Waals surface area contributed by atoms with E-state index in [4.69, 9.17) is 16.7 Å². The highest BCUT2D eigenvalue weighted by Crippen LogP contribution is 2.18. The van der Waals surface area contributed by atoms with E-state index in [0.717, 1.165) is 0 Å². The van der Waals surface area contributed by atoms with Crippen LogP contribution in [0.2, 0.25) is 5.02 Å². The number of para-hydroxylation sites is 1. The van der Waals surface area contributed by atoms with Crippen LogP contribution in [0.1, 0.15) is 15.9 Å². The molecule has 0 spiro atoms. The Morgan fingerprint density at radius 1 is 1.33 bits per heavy atom. The quantitative estimate of drug-likeness (QED) is 0.893. The molecular weight excluding hydrogens is 252 g/mol. The molecule has 4 nitrogen and oxygen atoms in total. The first-order valence-corrected chi connectivity index (χ1v) is 5.70. The third kappa shape index (κ3) is 2.67. The molecule has 0 aliphatic heterocycles. The van der Waals surface area contributed by atoms with E-state index in [1.807, 2.05) is 0 Å². The first kappa shape index (κ1) is 12.5. The molecule has 1 heterocycles. The van der Waals surface area contributed by atoms with Gasteiger partial charge in [0.15, 0.2) is 0 Å². The number of hydrogen-bond acceptors (Lipinski definition) is 3. The lowest BCUT2D eigenvalue weighted by Crippen LogP contribution is -2.14. The molecule has 2 N–H and O–H groups in total. The van der Waals surface area contributed by atoms with Crippen molar-refractivity contribution in [1.82, 2.24) is 4.98 Å². The predicted molar refractivity (Wildman–Crippen MR) is 69.6 cm³/mol. The predicted octanol–water partition coefficient (Wildman–Crippen LogP) is 2.48. The Bertz CT molecular complexity index is 572. The lowest BCUT2D eigenvalue weighted by molar-refractivity contribution is 0.102. The van der Waals surface area contributed by atoms with E-state index in [1.165, 1.54) is 12.4 Å². The molecule has 2 aromatic rings. The van der Waals surface area contributed by atoms with Gasteiger partial charge in [-0.05, 0) is 12.1 Å². The number of halogens is 1. The van der Waals surface area contributed by atoms with Gasteiger partial charge in [-0.2, -0.15) is 0 Å². The van der Waals surface area contributed by atoms with E-state index in [0.29, 0.717) is 21.8 Å². The topological polar surface area (TPSA) is 62.2 Å². The summed E-state index contributed by atoms with van der Waals surface area (Å²) in [5, 5.41) is 12.2. The van der Waals surface area contributed by atoms with Crippen LogP contribution in [0.3, 0.4) is 0 Å². The van der Waals surface area contributed by atoms with Crippen LogP contribution in [-0.2, 0) is 6.61 Å². The van der Waals surface area contributed by atoms with Crippen molar-refractivity contribution in [2.45, 2.75) is 6.61 Å². The second-order valence-electron chi connectivity index (χ2n) is 3.62. The number of nitrogens with one attached hydrogen (secondary N) is 1. The summed E-state index contributed by atoms with van der Waals surface area (Å²) in [4.78, 5) is 15.8. The highest BCUT2D eigenvalue weighted by Gasteiger charge is 2.11. The van der Waals surface area contributed by atoms with E-state index in [1.54, 1.807) is 30.3 Å². The Labute approximate surface area is 109 Å². The largest absolute Gasteiger partial charge is 0.392 e. The zero-order valence-electron chi connectivity index (χ0n) is 9.43. The van der Waals surface area contributed by atoms with Gasteiger partial charge >= 0.3 is 0 Å². The number of aromatic nitrogens is 1. The fourth-order valence-electron chi connectivity index (χ4n) is 1.51. The first-order valence-electron chi connectivity index (χ1n) is 5.32. The van der Waals surface area contributed by atoms with Gasteiger partial charge < -0.3 is 10.4 Å². The molecule has 0 aliphatic carbocycles. The summed E-state index contributed by atoms with van der Waals surface area (Å²) in [7, 11) is 0. The van der Waals surface area contributed by atoms with Gasteiger partial charge in [0.25, 0.3) is 5.91 Å². The molecule has 18 heavy (non-hydrogen) atoms. The summed E-state index contributed by atoms with van der Waals surface area (Å²) in [6.07, 6.45) is 2.92. The van der Waals surface area contributed by atoms with Crippen LogP contribution >= 0.6 is 11.6 Å². The van der Waals surface area contributed by atoms with Crippen molar-refractivity contribution >= 4 is 23.2 Å². The zero-order valence-corrected chi connectivity index (χ0v) is 10.2. The lowest BCUT2D eigenvalue weighted by atomic mass is 10.1. The molecule has 0 saturated heterocycles. The summed E-state index contributed by atoms with van der Waals surface area (Å²) in [6.45, 7) is -0.142. The van der Waals surface area contributed by atoms with E-state index in [-0.39, 0.29) is 12.5 Å². The maximum atomic E-state index is 12.0. The zero-order chi connectivity index (χ0) is 13.0. The minimum absolute atomic E-state index is 0.142. The Kier molecular flexibility index (Phi) is 3.92. The van der Waals surface area contributed by atoms with Gasteiger partial charge in [-0.25, -0.2) is 0 Å². The minimum atomic E-state index is -0.353. The second-order valence-corrected chi connectivity index (χ2v) is 4.03. The van der Waals surface area contributed by atoms with E-state index in [9.17, 15) is 4.79 Å². The number of hydrogen-bond donors (Lipinski definition) is 2. The number of benzene rings is 1. The average Bonchev–Trinajstić information content (AvgIpc) is 2.39. The normalized spacial score (nSPS) is 10.1. The molecule has 0 radical (unpaired) electrons. The lowest BCUT2D eigenvalue weighted by Gasteiger charge is -2.09. The molecule has 0 unspecified atom stereocenters. The molecule has 0 saturated carbocycles. The Hall–Kier alpha value is -1.91. The summed E-state index contributed by atoms with van der Waals surface area (Å²) in [5.74, 6) is -0.353. The molecule has 0 bridgehead atoms. The van der Waals surface area contributed by atoms with Crippen LogP contribution in [0, 0.1) is 0 Å². The van der Waals surface area contributed by atoms with Crippen LogP contribution in [-0.4, -0.2) is 16.0 Å². The van der Waals surface area contributed by atoms with Crippen molar-refractivity contribution in [2.75, 3.05) is 5.32 Å². The van der Waals surface area contributed by atoms with Gasteiger partial charge in [0.1, 0.15) is 0 Å². The Morgan fingerprint density at radius 2 is 2.11 bits per heavy atom. The summed E-state index contributed by atoms with van der Waals surface area (Å²) >= 11 is 5.91. The summed E-state index contributed by atoms with van der Waals surface area (Å²) in [5.41, 5.74) is 1.50. The van der Waals surface area contributed by atoms with Crippen LogP contribution < -0.4 is 5.32 Å². The van der Waals surface area contributed by atoms with E-state index >= 15 is 0 Å². The van der Waals surface area contributed by atoms with Gasteiger partial charge in [-0.3, -0.25) is 9.78 Å². The van der Waals surface area contributed by atoms with Crippen LogP contribution in [0.4, 0.5) is 5.69 Å². The van der Waals surface area contributed by atoms with Gasteiger partial charge in [0, 0.05) is 23.6 Å². The summed E-state index contributed by atoms with van der Waals surface area (Å²) in [6, 6.07) is 8.57. The number of amides is 1. The van der Waals surface area contributed by atoms with Crippen LogP contribution in [0.25, 0.3) is 0 Å². The molecule has 92 valence electrons. The van der Waals surface area contributed by atoms with Crippen molar-refractivity contribution < 1.29 is 9.90 Å². The Morgan fingerprint density at radius 3 is 2.83 bits per heavy atom. The van der Waals surface area contributed by atoms with Crippen molar-refractivity contribution in [2.24, 2.45) is 0 Å². The molecule has 0 atom stereocenters. The van der Waals surface area contributed by atoms with Gasteiger partial charge in [-0.1, -0.05) is 29.8 Å². The molecule has 1 aromatic heterocycles. The SMILES string of the molecule is O=C(Nc1ccccc1CO)c1cnccc1Cl. The molecule has 2 rings (SSSR count). The van der Waals surface area contributed by atoms with Crippen molar-refractivity contribution in [3.05, 3.63) is 58.9 Å². The van der Waals surface area contributed by atoms with E-state index < -0.39 is 0 Å². The molecule has 5 heteroatoms. The van der Waals surface area contributed by atoms with Gasteiger partial charge in [0.05, 0.1) is 17.2 Å². The maximum absolute atomic E-state index is 12.0. The second kappa shape index (κ2) is 5.62. The smallest absolute Gasteiger partial charge is 0.258 e. The van der Waals surface area contributed by atoms with E-state index in [2.05, 4.69) is 10.3 Å². The molecule has 1 aromatic carbocycles. The number of aliphatic hydroxyl groups is 1. The van der Waals surface area contributed by atoms with Crippen molar-refractivity contribution in [3.8, 4) is 0 Å². The molecule has 0 fully saturated rings. The van der Waals surface area contributed by atoms with Crippen molar-refractivity contribution in [3.63, 3.8) is 0 Å². The third-order valence-corrected chi connectivity index (χ3v) is 2.78. The van der Waals surface area contributed by atoms with Crippen molar-refractivity contribution in [1.29, 1.82) is 0 Å². The number of carbonyl (C=O) groups is 1. The minimum Gasteiger partial charge on any atom is -0.392 e. The third-order valence-electron chi connectivity index (χ3n) is 2.45. The number of rotatable bonds is 3. The van der Waals surface area contributed by atoms with Crippen LogP contribution in [0.5, 0.6) is 0 Å². The Balaban J connectivity index is 2.24. The first-order chi connectivity index (χ1) is 8.72. The summed E-state index contributed by atoms with van der Waals surface area (Å²) < 4.78 is 0. The average molecular weight is 263 g/mol. The number of anilines is 1. The number of nitrogens with zero attached hydrogens (tertiary/aromatic N) is 1. The maximum Gasteiger partial charge on any atom is 0.258 e. The molecule has 0 aliphatic rings. The number of pyridine rings is 1. The molecular formula is C13H11ClN2O2. The monoisotopic (exact) mass is 262 g/mol. The number of aliphatic hydroxyl groups excluding tert-OH is 1. The standard InChI is InChI=1S/C13H11ClN2O2/c14-11-5-6-15-7-10(11)13(18)16-12-4-2-1-3-9(12)8-17/h1-7,17H,8H2,(H,16,18). The van der Waals surface area contributed by atoms with Gasteiger partial charge in [0.2, 0.25) is 0 Å². The van der Waals surface area contributed by atoms with Gasteiger partial charge in [-0.15, -0.1) is 0 Å².